The summed E-state index contributed by atoms with van der Waals surface area (Å²) in [5.41, 5.74) is 3.84. The highest BCUT2D eigenvalue weighted by molar-refractivity contribution is 7.95. The Kier molecular flexibility index (Phi) is 5.91. The fraction of sp³-hybridized carbons (Fsp3) is 0.250. The third-order valence-corrected chi connectivity index (χ3v) is 9.60. The first kappa shape index (κ1) is 18.8. The van der Waals surface area contributed by atoms with Crippen LogP contribution in [0.5, 0.6) is 0 Å². The first-order valence-corrected chi connectivity index (χ1v) is 11.2. The van der Waals surface area contributed by atoms with E-state index in [9.17, 15) is 5.11 Å². The van der Waals surface area contributed by atoms with Crippen LogP contribution in [0.25, 0.3) is 0 Å². The summed E-state index contributed by atoms with van der Waals surface area (Å²) >= 11 is 0. The average Bonchev–Trinajstić information content (AvgIpc) is 2.66. The van der Waals surface area contributed by atoms with Gasteiger partial charge < -0.3 is 5.11 Å². The fourth-order valence-electron chi connectivity index (χ4n) is 3.54. The predicted molar refractivity (Wildman–Crippen MR) is 116 cm³/mol. The Morgan fingerprint density at radius 2 is 0.885 bits per heavy atom. The molecule has 3 aromatic rings. The van der Waals surface area contributed by atoms with Gasteiger partial charge in [0.2, 0.25) is 0 Å². The van der Waals surface area contributed by atoms with Crippen molar-refractivity contribution in [1.29, 1.82) is 0 Å². The molecule has 0 aliphatic carbocycles. The van der Waals surface area contributed by atoms with Crippen molar-refractivity contribution >= 4 is 23.2 Å². The van der Waals surface area contributed by atoms with Crippen molar-refractivity contribution < 1.29 is 5.11 Å². The smallest absolute Gasteiger partial charge is 0.112 e. The van der Waals surface area contributed by atoms with E-state index in [0.717, 1.165) is 12.6 Å². The minimum atomic E-state index is -1.79. The van der Waals surface area contributed by atoms with Crippen molar-refractivity contribution in [2.45, 2.75) is 27.2 Å². The summed E-state index contributed by atoms with van der Waals surface area (Å²) in [6, 6.07) is 27.0. The molecule has 0 saturated carbocycles. The van der Waals surface area contributed by atoms with Gasteiger partial charge in [-0.2, -0.15) is 0 Å². The molecule has 1 N–H and O–H groups in total. The minimum absolute atomic E-state index is 0.228. The standard InChI is InChI=1S/C24H28OP/c1-19-5-11-22(12-6-19)26(18-4-17-25,23-13-7-20(2)8-14-23)24-15-9-21(3)10-16-24/h5-16,25H,4,17-18H2,1-3H3/q+1. The molecule has 0 aromatic heterocycles. The summed E-state index contributed by atoms with van der Waals surface area (Å²) in [5, 5.41) is 13.8. The molecular formula is C24H28OP+. The molecule has 26 heavy (non-hydrogen) atoms. The van der Waals surface area contributed by atoms with Crippen LogP contribution in [-0.2, 0) is 0 Å². The summed E-state index contributed by atoms with van der Waals surface area (Å²) in [6.45, 7) is 6.63. The fourth-order valence-corrected chi connectivity index (χ4v) is 7.80. The van der Waals surface area contributed by atoms with Gasteiger partial charge in [0, 0.05) is 13.0 Å². The van der Waals surface area contributed by atoms with Crippen LogP contribution in [0, 0.1) is 20.8 Å². The Morgan fingerprint density at radius 1 is 0.577 bits per heavy atom. The SMILES string of the molecule is Cc1ccc([P+](CCCO)(c2ccc(C)cc2)c2ccc(C)cc2)cc1. The van der Waals surface area contributed by atoms with Crippen LogP contribution in [0.1, 0.15) is 23.1 Å². The first-order valence-electron chi connectivity index (χ1n) is 9.27. The van der Waals surface area contributed by atoms with Crippen molar-refractivity contribution in [1.82, 2.24) is 0 Å². The average molecular weight is 363 g/mol. The maximum absolute atomic E-state index is 9.62. The zero-order valence-electron chi connectivity index (χ0n) is 15.9. The highest BCUT2D eigenvalue weighted by Gasteiger charge is 2.44. The van der Waals surface area contributed by atoms with E-state index < -0.39 is 7.26 Å². The molecule has 3 aromatic carbocycles. The lowest BCUT2D eigenvalue weighted by Crippen LogP contribution is -2.33. The van der Waals surface area contributed by atoms with E-state index in [1.54, 1.807) is 0 Å². The second kappa shape index (κ2) is 8.16. The summed E-state index contributed by atoms with van der Waals surface area (Å²) in [5.74, 6) is 0. The number of benzene rings is 3. The van der Waals surface area contributed by atoms with E-state index in [0.29, 0.717) is 0 Å². The number of aliphatic hydroxyl groups is 1. The lowest BCUT2D eigenvalue weighted by molar-refractivity contribution is 0.296. The zero-order valence-corrected chi connectivity index (χ0v) is 16.8. The normalized spacial score (nSPS) is 11.5. The molecule has 3 rings (SSSR count). The van der Waals surface area contributed by atoms with Crippen LogP contribution in [0.15, 0.2) is 72.8 Å². The van der Waals surface area contributed by atoms with E-state index >= 15 is 0 Å². The van der Waals surface area contributed by atoms with Crippen molar-refractivity contribution in [3.63, 3.8) is 0 Å². The third-order valence-electron chi connectivity index (χ3n) is 5.08. The Hall–Kier alpha value is -1.95. The van der Waals surface area contributed by atoms with Gasteiger partial charge in [-0.15, -0.1) is 0 Å². The predicted octanol–water partition coefficient (Wildman–Crippen LogP) is 4.29. The van der Waals surface area contributed by atoms with Gasteiger partial charge in [-0.05, 0) is 57.2 Å². The van der Waals surface area contributed by atoms with Crippen molar-refractivity contribution in [3.05, 3.63) is 89.5 Å². The molecule has 0 amide bonds. The van der Waals surface area contributed by atoms with Crippen molar-refractivity contribution in [2.24, 2.45) is 0 Å². The van der Waals surface area contributed by atoms with Gasteiger partial charge in [0.25, 0.3) is 0 Å². The molecular weight excluding hydrogens is 335 g/mol. The summed E-state index contributed by atoms with van der Waals surface area (Å²) in [6.07, 6.45) is 1.79. The first-order chi connectivity index (χ1) is 12.6. The maximum atomic E-state index is 9.62. The van der Waals surface area contributed by atoms with Gasteiger partial charge in [0.05, 0.1) is 6.16 Å². The number of hydrogen-bond donors (Lipinski definition) is 1. The van der Waals surface area contributed by atoms with Crippen LogP contribution in [-0.4, -0.2) is 17.9 Å². The number of rotatable bonds is 6. The van der Waals surface area contributed by atoms with Gasteiger partial charge in [-0.25, -0.2) is 0 Å². The lowest BCUT2D eigenvalue weighted by Gasteiger charge is -2.28. The van der Waals surface area contributed by atoms with Crippen molar-refractivity contribution in [2.75, 3.05) is 12.8 Å². The summed E-state index contributed by atoms with van der Waals surface area (Å²) in [4.78, 5) is 0. The molecule has 0 saturated heterocycles. The molecule has 2 heteroatoms. The van der Waals surface area contributed by atoms with Crippen LogP contribution < -0.4 is 15.9 Å². The highest BCUT2D eigenvalue weighted by Crippen LogP contribution is 2.55. The van der Waals surface area contributed by atoms with Gasteiger partial charge in [-0.3, -0.25) is 0 Å². The summed E-state index contributed by atoms with van der Waals surface area (Å²) < 4.78 is 0. The molecule has 1 nitrogen and oxygen atoms in total. The van der Waals surface area contributed by atoms with Gasteiger partial charge in [0.1, 0.15) is 23.2 Å². The zero-order chi connectivity index (χ0) is 18.6. The van der Waals surface area contributed by atoms with Crippen LogP contribution in [0.3, 0.4) is 0 Å². The molecule has 0 aliphatic heterocycles. The third kappa shape index (κ3) is 3.75. The molecule has 0 heterocycles. The Morgan fingerprint density at radius 3 is 1.15 bits per heavy atom. The van der Waals surface area contributed by atoms with E-state index in [1.165, 1.54) is 32.6 Å². The van der Waals surface area contributed by atoms with Gasteiger partial charge in [0.15, 0.2) is 0 Å². The number of aryl methyl sites for hydroxylation is 3. The van der Waals surface area contributed by atoms with E-state index in [2.05, 4.69) is 93.6 Å². The Bertz CT molecular complexity index is 722. The Balaban J connectivity index is 2.27. The molecule has 0 atom stereocenters. The monoisotopic (exact) mass is 363 g/mol. The van der Waals surface area contributed by atoms with Crippen LogP contribution in [0.4, 0.5) is 0 Å². The highest BCUT2D eigenvalue weighted by atomic mass is 31.2. The quantitative estimate of drug-likeness (QED) is 0.648. The second-order valence-electron chi connectivity index (χ2n) is 7.12. The maximum Gasteiger partial charge on any atom is 0.112 e. The molecule has 0 spiro atoms. The van der Waals surface area contributed by atoms with Crippen molar-refractivity contribution in [3.8, 4) is 0 Å². The molecule has 0 radical (unpaired) electrons. The molecule has 0 fully saturated rings. The summed E-state index contributed by atoms with van der Waals surface area (Å²) in [7, 11) is -1.79. The van der Waals surface area contributed by atoms with E-state index in [4.69, 9.17) is 0 Å². The largest absolute Gasteiger partial charge is 0.396 e. The molecule has 0 bridgehead atoms. The second-order valence-corrected chi connectivity index (χ2v) is 10.7. The topological polar surface area (TPSA) is 20.2 Å². The number of aliphatic hydroxyl groups excluding tert-OH is 1. The molecule has 134 valence electrons. The lowest BCUT2D eigenvalue weighted by atomic mass is 10.2. The number of hydrogen-bond acceptors (Lipinski definition) is 1. The molecule has 0 aliphatic rings. The van der Waals surface area contributed by atoms with Gasteiger partial charge >= 0.3 is 0 Å². The van der Waals surface area contributed by atoms with Gasteiger partial charge in [-0.1, -0.05) is 53.1 Å². The van der Waals surface area contributed by atoms with Crippen LogP contribution >= 0.6 is 7.26 Å². The van der Waals surface area contributed by atoms with E-state index in [1.807, 2.05) is 0 Å². The van der Waals surface area contributed by atoms with Crippen LogP contribution in [0.2, 0.25) is 0 Å². The molecule has 0 unspecified atom stereocenters. The van der Waals surface area contributed by atoms with E-state index in [-0.39, 0.29) is 6.61 Å². The Labute approximate surface area is 158 Å². The minimum Gasteiger partial charge on any atom is -0.396 e.